The van der Waals surface area contributed by atoms with Gasteiger partial charge in [0, 0.05) is 12.1 Å². The van der Waals surface area contributed by atoms with Crippen molar-refractivity contribution < 1.29 is 17.6 Å². The minimum absolute atomic E-state index is 0.0267. The van der Waals surface area contributed by atoms with Crippen LogP contribution in [-0.2, 0) is 14.6 Å². The number of furan rings is 1. The number of halogens is 1. The van der Waals surface area contributed by atoms with Crippen LogP contribution < -0.4 is 5.32 Å². The second-order valence-electron chi connectivity index (χ2n) is 4.08. The molecule has 1 aliphatic rings. The predicted octanol–water partition coefficient (Wildman–Crippen LogP) is 1.36. The Morgan fingerprint density at radius 2 is 2.28 bits per heavy atom. The Morgan fingerprint density at radius 1 is 1.50 bits per heavy atom. The number of amides is 1. The number of hydrogen-bond donors (Lipinski definition) is 1. The van der Waals surface area contributed by atoms with Gasteiger partial charge in [0.15, 0.2) is 14.5 Å². The summed E-state index contributed by atoms with van der Waals surface area (Å²) in [7, 11) is -2.97. The molecule has 7 heteroatoms. The van der Waals surface area contributed by atoms with Crippen molar-refractivity contribution in [3.8, 4) is 0 Å². The van der Waals surface area contributed by atoms with Crippen molar-refractivity contribution in [2.24, 2.45) is 0 Å². The summed E-state index contributed by atoms with van der Waals surface area (Å²) in [5.74, 6) is 0.409. The fraction of sp³-hybridized carbons (Fsp3) is 0.364. The molecule has 5 nitrogen and oxygen atoms in total. The summed E-state index contributed by atoms with van der Waals surface area (Å²) in [6, 6.07) is 3.16. The minimum Gasteiger partial charge on any atom is -0.450 e. The molecule has 1 aromatic rings. The number of nitrogens with one attached hydrogen (secondary N) is 1. The number of sulfone groups is 1. The Kier molecular flexibility index (Phi) is 3.91. The van der Waals surface area contributed by atoms with E-state index >= 15 is 0 Å². The molecule has 1 atom stereocenters. The van der Waals surface area contributed by atoms with Gasteiger partial charge in [-0.15, -0.1) is 0 Å². The largest absolute Gasteiger partial charge is 0.450 e. The zero-order valence-electron chi connectivity index (χ0n) is 9.43. The predicted molar refractivity (Wildman–Crippen MR) is 70.6 cm³/mol. The van der Waals surface area contributed by atoms with E-state index in [-0.39, 0.29) is 23.5 Å². The molecule has 2 heterocycles. The van der Waals surface area contributed by atoms with Gasteiger partial charge in [0.25, 0.3) is 0 Å². The fourth-order valence-corrected chi connectivity index (χ4v) is 3.73. The molecule has 1 N–H and O–H groups in total. The second-order valence-corrected chi connectivity index (χ2v) is 7.09. The topological polar surface area (TPSA) is 76.4 Å². The maximum absolute atomic E-state index is 11.5. The lowest BCUT2D eigenvalue weighted by Gasteiger charge is -2.07. The van der Waals surface area contributed by atoms with Gasteiger partial charge < -0.3 is 9.73 Å². The van der Waals surface area contributed by atoms with Crippen LogP contribution in [0.4, 0.5) is 0 Å². The van der Waals surface area contributed by atoms with Crippen molar-refractivity contribution in [3.05, 3.63) is 28.6 Å². The third kappa shape index (κ3) is 3.71. The van der Waals surface area contributed by atoms with E-state index in [4.69, 9.17) is 4.42 Å². The summed E-state index contributed by atoms with van der Waals surface area (Å²) in [6.07, 6.45) is 3.34. The first-order chi connectivity index (χ1) is 8.44. The van der Waals surface area contributed by atoms with E-state index in [1.807, 2.05) is 0 Å². The molecule has 0 aromatic carbocycles. The van der Waals surface area contributed by atoms with Crippen LogP contribution in [0.2, 0.25) is 0 Å². The highest BCUT2D eigenvalue weighted by atomic mass is 79.9. The lowest BCUT2D eigenvalue weighted by atomic mass is 10.2. The molecule has 0 bridgehead atoms. The molecule has 0 radical (unpaired) electrons. The number of carbonyl (C=O) groups is 1. The third-order valence-electron chi connectivity index (χ3n) is 2.57. The van der Waals surface area contributed by atoms with Crippen molar-refractivity contribution >= 4 is 37.8 Å². The van der Waals surface area contributed by atoms with Gasteiger partial charge in [0.1, 0.15) is 5.76 Å². The molecule has 0 aliphatic carbocycles. The van der Waals surface area contributed by atoms with E-state index in [9.17, 15) is 13.2 Å². The average Bonchev–Trinajstić information content (AvgIpc) is 2.82. The van der Waals surface area contributed by atoms with E-state index in [1.165, 1.54) is 12.2 Å². The van der Waals surface area contributed by atoms with Crippen molar-refractivity contribution in [3.63, 3.8) is 0 Å². The lowest BCUT2D eigenvalue weighted by molar-refractivity contribution is -0.116. The van der Waals surface area contributed by atoms with Gasteiger partial charge in [0.2, 0.25) is 5.91 Å². The highest BCUT2D eigenvalue weighted by molar-refractivity contribution is 9.10. The maximum Gasteiger partial charge on any atom is 0.244 e. The maximum atomic E-state index is 11.5. The van der Waals surface area contributed by atoms with Crippen molar-refractivity contribution in [1.82, 2.24) is 5.32 Å². The van der Waals surface area contributed by atoms with Gasteiger partial charge in [-0.05, 0) is 40.6 Å². The molecule has 18 heavy (non-hydrogen) atoms. The van der Waals surface area contributed by atoms with Crippen LogP contribution in [0.15, 0.2) is 27.3 Å². The Balaban J connectivity index is 1.88. The van der Waals surface area contributed by atoms with Gasteiger partial charge in [-0.3, -0.25) is 4.79 Å². The van der Waals surface area contributed by atoms with Crippen LogP contribution in [-0.4, -0.2) is 31.9 Å². The first-order valence-electron chi connectivity index (χ1n) is 5.39. The number of rotatable bonds is 3. The van der Waals surface area contributed by atoms with E-state index in [0.29, 0.717) is 16.9 Å². The summed E-state index contributed by atoms with van der Waals surface area (Å²) in [5.41, 5.74) is 0. The first-order valence-corrected chi connectivity index (χ1v) is 8.00. The monoisotopic (exact) mass is 333 g/mol. The average molecular weight is 334 g/mol. The molecule has 1 fully saturated rings. The highest BCUT2D eigenvalue weighted by Crippen LogP contribution is 2.15. The molecule has 0 saturated carbocycles. The van der Waals surface area contributed by atoms with Gasteiger partial charge in [-0.1, -0.05) is 0 Å². The molecular weight excluding hydrogens is 322 g/mol. The van der Waals surface area contributed by atoms with E-state index in [1.54, 1.807) is 12.1 Å². The van der Waals surface area contributed by atoms with Gasteiger partial charge in [-0.25, -0.2) is 8.42 Å². The first kappa shape index (κ1) is 13.4. The lowest BCUT2D eigenvalue weighted by Crippen LogP contribution is -2.34. The Hall–Kier alpha value is -1.08. The molecule has 0 spiro atoms. The van der Waals surface area contributed by atoms with Crippen LogP contribution in [0, 0.1) is 0 Å². The quantitative estimate of drug-likeness (QED) is 0.847. The molecule has 98 valence electrons. The van der Waals surface area contributed by atoms with Crippen molar-refractivity contribution in [2.45, 2.75) is 12.5 Å². The molecule has 2 rings (SSSR count). The smallest absolute Gasteiger partial charge is 0.244 e. The summed E-state index contributed by atoms with van der Waals surface area (Å²) >= 11 is 3.15. The summed E-state index contributed by atoms with van der Waals surface area (Å²) in [4.78, 5) is 11.5. The van der Waals surface area contributed by atoms with Gasteiger partial charge >= 0.3 is 0 Å². The van der Waals surface area contributed by atoms with Crippen LogP contribution in [0.5, 0.6) is 0 Å². The molecule has 1 saturated heterocycles. The minimum atomic E-state index is -2.97. The molecule has 1 amide bonds. The summed E-state index contributed by atoms with van der Waals surface area (Å²) < 4.78 is 28.2. The molecule has 1 aromatic heterocycles. The third-order valence-corrected chi connectivity index (χ3v) is 4.77. The zero-order valence-corrected chi connectivity index (χ0v) is 11.8. The van der Waals surface area contributed by atoms with Crippen LogP contribution in [0.25, 0.3) is 6.08 Å². The zero-order chi connectivity index (χ0) is 13.2. The molecule has 1 aliphatic heterocycles. The second kappa shape index (κ2) is 5.27. The Morgan fingerprint density at radius 3 is 2.83 bits per heavy atom. The van der Waals surface area contributed by atoms with Crippen LogP contribution >= 0.6 is 15.9 Å². The van der Waals surface area contributed by atoms with Gasteiger partial charge in [0.05, 0.1) is 11.5 Å². The van der Waals surface area contributed by atoms with E-state index < -0.39 is 9.84 Å². The Labute approximate surface area is 113 Å². The summed E-state index contributed by atoms with van der Waals surface area (Å²) in [5, 5.41) is 2.65. The fourth-order valence-electron chi connectivity index (χ4n) is 1.73. The summed E-state index contributed by atoms with van der Waals surface area (Å²) in [6.45, 7) is 0. The number of carbonyl (C=O) groups excluding carboxylic acids is 1. The van der Waals surface area contributed by atoms with Crippen LogP contribution in [0.1, 0.15) is 12.2 Å². The SMILES string of the molecule is O=C(/C=C/c1ccc(Br)o1)N[C@H]1CCS(=O)(=O)C1. The molecule has 0 unspecified atom stereocenters. The van der Waals surface area contributed by atoms with E-state index in [0.717, 1.165) is 0 Å². The highest BCUT2D eigenvalue weighted by Gasteiger charge is 2.28. The van der Waals surface area contributed by atoms with Gasteiger partial charge in [-0.2, -0.15) is 0 Å². The van der Waals surface area contributed by atoms with Crippen LogP contribution in [0.3, 0.4) is 0 Å². The number of hydrogen-bond acceptors (Lipinski definition) is 4. The Bertz CT molecular complexity index is 576. The van der Waals surface area contributed by atoms with Crippen molar-refractivity contribution in [1.29, 1.82) is 0 Å². The van der Waals surface area contributed by atoms with Crippen molar-refractivity contribution in [2.75, 3.05) is 11.5 Å². The normalized spacial score (nSPS) is 22.4. The molecular formula is C11H12BrNO4S. The standard InChI is InChI=1S/C11H12BrNO4S/c12-10-3-1-9(17-10)2-4-11(14)13-8-5-6-18(15,16)7-8/h1-4,8H,5-7H2,(H,13,14)/b4-2+/t8-/m0/s1. The van der Waals surface area contributed by atoms with E-state index in [2.05, 4.69) is 21.2 Å².